The monoisotopic (exact) mass is 212 g/mol. The number of allylic oxidation sites excluding steroid dienone is 1. The second-order valence-electron chi connectivity index (χ2n) is 1.04. The minimum Gasteiger partial charge on any atom is -0.159 e. The van der Waals surface area contributed by atoms with E-state index in [1.807, 2.05) is 6.08 Å². The van der Waals surface area contributed by atoms with Gasteiger partial charge in [-0.25, -0.2) is 0 Å². The molecule has 0 spiro atoms. The van der Waals surface area contributed by atoms with Crippen LogP contribution in [-0.2, 0) is 0 Å². The second-order valence-corrected chi connectivity index (χ2v) is 4.80. The van der Waals surface area contributed by atoms with Gasteiger partial charge in [-0.1, -0.05) is 6.08 Å². The van der Waals surface area contributed by atoms with Crippen LogP contribution >= 0.6 is 31.5 Å². The first kappa shape index (κ1) is 6.96. The lowest BCUT2D eigenvalue weighted by atomic mass is 10.0. The summed E-state index contributed by atoms with van der Waals surface area (Å²) in [5.74, 6) is 0. The van der Waals surface area contributed by atoms with E-state index < -0.39 is 0 Å². The van der Waals surface area contributed by atoms with Crippen molar-refractivity contribution in [2.75, 3.05) is 0 Å². The Morgan fingerprint density at radius 3 is 2.50 bits per heavy atom. The standard InChI is InChI=1S/C3H7BIP/c1-2-3-4(5)6/h2H,1,3,6H2. The first-order chi connectivity index (χ1) is 2.77. The summed E-state index contributed by atoms with van der Waals surface area (Å²) in [7, 11) is 2.69. The van der Waals surface area contributed by atoms with Crippen molar-refractivity contribution in [2.24, 2.45) is 0 Å². The van der Waals surface area contributed by atoms with E-state index in [1.165, 1.54) is 0 Å². The van der Waals surface area contributed by atoms with E-state index in [2.05, 4.69) is 38.1 Å². The average Bonchev–Trinajstić information content (AvgIpc) is 1.35. The highest BCUT2D eigenvalue weighted by molar-refractivity contribution is 14.1. The van der Waals surface area contributed by atoms with Crippen molar-refractivity contribution in [3.63, 3.8) is 0 Å². The van der Waals surface area contributed by atoms with E-state index in [9.17, 15) is 0 Å². The SMILES string of the molecule is C=CCB(P)I. The van der Waals surface area contributed by atoms with Crippen LogP contribution in [0.25, 0.3) is 0 Å². The van der Waals surface area contributed by atoms with Crippen LogP contribution in [0.15, 0.2) is 12.7 Å². The van der Waals surface area contributed by atoms with Crippen molar-refractivity contribution in [3.05, 3.63) is 12.7 Å². The Bertz CT molecular complexity index is 46.1. The molecule has 0 radical (unpaired) electrons. The van der Waals surface area contributed by atoms with Gasteiger partial charge >= 0.3 is 0 Å². The number of rotatable bonds is 2. The van der Waals surface area contributed by atoms with Crippen molar-refractivity contribution in [2.45, 2.75) is 6.32 Å². The van der Waals surface area contributed by atoms with Crippen molar-refractivity contribution in [1.82, 2.24) is 0 Å². The maximum Gasteiger partial charge on any atom is 0.243 e. The molecule has 0 aliphatic heterocycles. The molecule has 0 aliphatic carbocycles. The van der Waals surface area contributed by atoms with E-state index in [1.54, 1.807) is 0 Å². The lowest BCUT2D eigenvalue weighted by Crippen LogP contribution is -1.81. The molecule has 0 N–H and O–H groups in total. The second kappa shape index (κ2) is 4.13. The Morgan fingerprint density at radius 1 is 2.00 bits per heavy atom. The summed E-state index contributed by atoms with van der Waals surface area (Å²) in [5.41, 5.74) is 0. The summed E-state index contributed by atoms with van der Waals surface area (Å²) in [6.07, 6.45) is 3.01. The fourth-order valence-corrected chi connectivity index (χ4v) is 0.711. The normalized spacial score (nSPS) is 7.67. The molecule has 0 rings (SSSR count). The van der Waals surface area contributed by atoms with Gasteiger partial charge in [0, 0.05) is 0 Å². The van der Waals surface area contributed by atoms with Crippen LogP contribution in [0.5, 0.6) is 0 Å². The van der Waals surface area contributed by atoms with Crippen molar-refractivity contribution in [1.29, 1.82) is 0 Å². The van der Waals surface area contributed by atoms with Gasteiger partial charge in [0.2, 0.25) is 4.29 Å². The van der Waals surface area contributed by atoms with Crippen LogP contribution in [0.3, 0.4) is 0 Å². The summed E-state index contributed by atoms with van der Waals surface area (Å²) < 4.78 is 0.667. The van der Waals surface area contributed by atoms with Crippen LogP contribution in [0, 0.1) is 0 Å². The Kier molecular flexibility index (Phi) is 4.80. The average molecular weight is 212 g/mol. The zero-order valence-electron chi connectivity index (χ0n) is 3.52. The Balaban J connectivity index is 2.81. The minimum atomic E-state index is 0.667. The Morgan fingerprint density at radius 2 is 2.50 bits per heavy atom. The van der Waals surface area contributed by atoms with Gasteiger partial charge in [-0.2, -0.15) is 9.12 Å². The van der Waals surface area contributed by atoms with Crippen molar-refractivity contribution in [3.8, 4) is 0 Å². The molecule has 1 unspecified atom stereocenters. The molecule has 34 valence electrons. The smallest absolute Gasteiger partial charge is 0.159 e. The van der Waals surface area contributed by atoms with Gasteiger partial charge in [0.05, 0.1) is 0 Å². The largest absolute Gasteiger partial charge is 0.243 e. The molecule has 0 aromatic carbocycles. The van der Waals surface area contributed by atoms with E-state index in [0.717, 1.165) is 6.32 Å². The molecule has 0 nitrogen and oxygen atoms in total. The van der Waals surface area contributed by atoms with E-state index >= 15 is 0 Å². The third-order valence-electron chi connectivity index (χ3n) is 0.392. The van der Waals surface area contributed by atoms with Gasteiger partial charge in [-0.3, -0.25) is 0 Å². The third-order valence-corrected chi connectivity index (χ3v) is 1.17. The van der Waals surface area contributed by atoms with Crippen molar-refractivity contribution < 1.29 is 0 Å². The molecule has 6 heavy (non-hydrogen) atoms. The quantitative estimate of drug-likeness (QED) is 0.284. The molecule has 0 aliphatic rings. The molecule has 0 fully saturated rings. The highest BCUT2D eigenvalue weighted by atomic mass is 127. The van der Waals surface area contributed by atoms with Gasteiger partial charge in [0.25, 0.3) is 0 Å². The maximum atomic E-state index is 3.58. The van der Waals surface area contributed by atoms with Crippen LogP contribution in [0.4, 0.5) is 0 Å². The number of halogens is 1. The molecular formula is C3H7BIP. The predicted octanol–water partition coefficient (Wildman–Crippen LogP) is 1.97. The first-order valence-corrected chi connectivity index (χ1v) is 3.69. The zero-order valence-corrected chi connectivity index (χ0v) is 6.84. The van der Waals surface area contributed by atoms with E-state index in [4.69, 9.17) is 0 Å². The van der Waals surface area contributed by atoms with Gasteiger partial charge < -0.3 is 0 Å². The fraction of sp³-hybridized carbons (Fsp3) is 0.333. The lowest BCUT2D eigenvalue weighted by molar-refractivity contribution is 1.75. The fourth-order valence-electron chi connectivity index (χ4n) is 0.159. The molecule has 0 aromatic heterocycles. The number of hydrogen-bond donors (Lipinski definition) is 0. The topological polar surface area (TPSA) is 0 Å². The number of hydrogen-bond acceptors (Lipinski definition) is 0. The molecule has 0 aromatic rings. The molecule has 1 atom stereocenters. The van der Waals surface area contributed by atoms with Crippen LogP contribution in [0.1, 0.15) is 0 Å². The molecule has 0 amide bonds. The summed E-state index contributed by atoms with van der Waals surface area (Å²) in [5, 5.41) is 0. The molecule has 0 saturated carbocycles. The summed E-state index contributed by atoms with van der Waals surface area (Å²) >= 11 is 2.33. The zero-order chi connectivity index (χ0) is 4.99. The van der Waals surface area contributed by atoms with Gasteiger partial charge in [-0.05, 0) is 6.32 Å². The Labute approximate surface area is 54.9 Å². The molecule has 3 heteroatoms. The lowest BCUT2D eigenvalue weighted by Gasteiger charge is -1.84. The Hall–Kier alpha value is 0.965. The summed E-state index contributed by atoms with van der Waals surface area (Å²) in [6.45, 7) is 3.58. The van der Waals surface area contributed by atoms with Gasteiger partial charge in [0.1, 0.15) is 0 Å². The van der Waals surface area contributed by atoms with Crippen molar-refractivity contribution >= 4 is 35.8 Å². The molecule has 0 heterocycles. The molecule has 0 saturated heterocycles. The third kappa shape index (κ3) is 4.96. The van der Waals surface area contributed by atoms with Gasteiger partial charge in [-0.15, -0.1) is 29.0 Å². The van der Waals surface area contributed by atoms with Crippen LogP contribution in [0.2, 0.25) is 6.32 Å². The minimum absolute atomic E-state index is 0.667. The van der Waals surface area contributed by atoms with E-state index in [0.29, 0.717) is 4.29 Å². The first-order valence-electron chi connectivity index (χ1n) is 1.78. The van der Waals surface area contributed by atoms with E-state index in [-0.39, 0.29) is 0 Å². The van der Waals surface area contributed by atoms with Crippen LogP contribution in [-0.4, -0.2) is 4.29 Å². The predicted molar refractivity (Wildman–Crippen MR) is 44.5 cm³/mol. The molecule has 0 bridgehead atoms. The maximum absolute atomic E-state index is 3.58. The highest BCUT2D eigenvalue weighted by Gasteiger charge is 1.92. The molecular weight excluding hydrogens is 205 g/mol. The van der Waals surface area contributed by atoms with Crippen LogP contribution < -0.4 is 0 Å². The summed E-state index contributed by atoms with van der Waals surface area (Å²) in [6, 6.07) is 0. The van der Waals surface area contributed by atoms with Gasteiger partial charge in [0.15, 0.2) is 0 Å². The highest BCUT2D eigenvalue weighted by Crippen LogP contribution is 2.08. The summed E-state index contributed by atoms with van der Waals surface area (Å²) in [4.78, 5) is 0.